The van der Waals surface area contributed by atoms with Crippen molar-refractivity contribution in [2.75, 3.05) is 6.54 Å². The van der Waals surface area contributed by atoms with Gasteiger partial charge in [0.15, 0.2) is 0 Å². The van der Waals surface area contributed by atoms with Crippen LogP contribution in [0.5, 0.6) is 5.75 Å². The molecule has 17 heavy (non-hydrogen) atoms. The Morgan fingerprint density at radius 3 is 2.76 bits per heavy atom. The largest absolute Gasteiger partial charge is 0.486 e. The fourth-order valence-electron chi connectivity index (χ4n) is 1.67. The van der Waals surface area contributed by atoms with E-state index in [1.165, 1.54) is 0 Å². The lowest BCUT2D eigenvalue weighted by atomic mass is 10.3. The van der Waals surface area contributed by atoms with Crippen LogP contribution in [-0.4, -0.2) is 16.1 Å². The maximum Gasteiger partial charge on any atom is 0.146 e. The van der Waals surface area contributed by atoms with Crippen molar-refractivity contribution in [3.05, 3.63) is 48.0 Å². The predicted octanol–water partition coefficient (Wildman–Crippen LogP) is 1.50. The summed E-state index contributed by atoms with van der Waals surface area (Å²) in [6, 6.07) is 9.74. The molecule has 2 N–H and O–H groups in total. The Balaban J connectivity index is 2.00. The number of nitrogens with zero attached hydrogens (tertiary/aromatic N) is 2. The van der Waals surface area contributed by atoms with Gasteiger partial charge in [-0.25, -0.2) is 4.98 Å². The van der Waals surface area contributed by atoms with Gasteiger partial charge in [-0.3, -0.25) is 0 Å². The third-order valence-corrected chi connectivity index (χ3v) is 2.69. The number of ether oxygens (including phenoxy) is 1. The molecule has 0 bridgehead atoms. The van der Waals surface area contributed by atoms with Gasteiger partial charge in [-0.2, -0.15) is 0 Å². The summed E-state index contributed by atoms with van der Waals surface area (Å²) in [6.07, 6.45) is 2.70. The van der Waals surface area contributed by atoms with E-state index in [-0.39, 0.29) is 0 Å². The zero-order chi connectivity index (χ0) is 12.1. The van der Waals surface area contributed by atoms with Gasteiger partial charge in [0, 0.05) is 25.4 Å². The average molecular weight is 231 g/mol. The van der Waals surface area contributed by atoms with Crippen LogP contribution in [0, 0.1) is 0 Å². The lowest BCUT2D eigenvalue weighted by Crippen LogP contribution is -2.09. The monoisotopic (exact) mass is 231 g/mol. The van der Waals surface area contributed by atoms with Crippen LogP contribution < -0.4 is 10.5 Å². The fraction of sp³-hybridized carbons (Fsp3) is 0.308. The van der Waals surface area contributed by atoms with E-state index in [0.29, 0.717) is 13.2 Å². The zero-order valence-corrected chi connectivity index (χ0v) is 9.97. The molecule has 4 nitrogen and oxygen atoms in total. The topological polar surface area (TPSA) is 53.1 Å². The number of nitrogens with two attached hydrogens (primary N) is 1. The zero-order valence-electron chi connectivity index (χ0n) is 9.97. The molecule has 2 rings (SSSR count). The molecule has 0 fully saturated rings. The van der Waals surface area contributed by atoms with Gasteiger partial charge in [-0.05, 0) is 18.7 Å². The van der Waals surface area contributed by atoms with Crippen LogP contribution in [0.25, 0.3) is 0 Å². The van der Waals surface area contributed by atoms with Gasteiger partial charge >= 0.3 is 0 Å². The molecule has 0 saturated heterocycles. The number of imidazole rings is 1. The van der Waals surface area contributed by atoms with Crippen molar-refractivity contribution in [2.24, 2.45) is 12.8 Å². The standard InChI is InChI=1S/C13H17N3O/c1-16-11(7-8-14)9-15-13(16)10-17-12-5-3-2-4-6-12/h2-6,9H,7-8,10,14H2,1H3. The molecule has 0 saturated carbocycles. The summed E-state index contributed by atoms with van der Waals surface area (Å²) in [5.41, 5.74) is 6.67. The normalized spacial score (nSPS) is 10.5. The Morgan fingerprint density at radius 1 is 1.29 bits per heavy atom. The molecule has 0 aliphatic rings. The molecule has 0 atom stereocenters. The number of para-hydroxylation sites is 1. The Labute approximate surface area is 101 Å². The number of hydrogen-bond donors (Lipinski definition) is 1. The first kappa shape index (κ1) is 11.7. The Kier molecular flexibility index (Phi) is 3.77. The van der Waals surface area contributed by atoms with E-state index < -0.39 is 0 Å². The number of aromatic nitrogens is 2. The highest BCUT2D eigenvalue weighted by atomic mass is 16.5. The third-order valence-electron chi connectivity index (χ3n) is 2.69. The molecule has 0 unspecified atom stereocenters. The molecule has 1 aromatic heterocycles. The number of rotatable bonds is 5. The maximum absolute atomic E-state index is 5.65. The molecule has 0 aliphatic carbocycles. The smallest absolute Gasteiger partial charge is 0.146 e. The summed E-state index contributed by atoms with van der Waals surface area (Å²) in [6.45, 7) is 1.11. The minimum Gasteiger partial charge on any atom is -0.486 e. The molecule has 1 heterocycles. The van der Waals surface area contributed by atoms with Crippen molar-refractivity contribution >= 4 is 0 Å². The second-order valence-electron chi connectivity index (χ2n) is 3.87. The fourth-order valence-corrected chi connectivity index (χ4v) is 1.67. The Morgan fingerprint density at radius 2 is 2.06 bits per heavy atom. The molecule has 1 aromatic carbocycles. The van der Waals surface area contributed by atoms with Gasteiger partial charge in [0.1, 0.15) is 18.2 Å². The van der Waals surface area contributed by atoms with Gasteiger partial charge in [0.05, 0.1) is 0 Å². The second-order valence-corrected chi connectivity index (χ2v) is 3.87. The highest BCUT2D eigenvalue weighted by Gasteiger charge is 2.06. The Hall–Kier alpha value is -1.81. The molecule has 90 valence electrons. The van der Waals surface area contributed by atoms with Crippen molar-refractivity contribution in [1.82, 2.24) is 9.55 Å². The molecular formula is C13H17N3O. The minimum absolute atomic E-state index is 0.477. The SMILES string of the molecule is Cn1c(CCN)cnc1COc1ccccc1. The summed E-state index contributed by atoms with van der Waals surface area (Å²) >= 11 is 0. The lowest BCUT2D eigenvalue weighted by molar-refractivity contribution is 0.291. The summed E-state index contributed by atoms with van der Waals surface area (Å²) in [7, 11) is 1.99. The van der Waals surface area contributed by atoms with Crippen molar-refractivity contribution in [1.29, 1.82) is 0 Å². The van der Waals surface area contributed by atoms with Crippen molar-refractivity contribution in [3.8, 4) is 5.75 Å². The molecular weight excluding hydrogens is 214 g/mol. The maximum atomic E-state index is 5.65. The van der Waals surface area contributed by atoms with Crippen LogP contribution in [0.15, 0.2) is 36.5 Å². The predicted molar refractivity (Wildman–Crippen MR) is 66.7 cm³/mol. The molecule has 0 spiro atoms. The average Bonchev–Trinajstić information content (AvgIpc) is 2.70. The van der Waals surface area contributed by atoms with Gasteiger partial charge < -0.3 is 15.0 Å². The van der Waals surface area contributed by atoms with Crippen LogP contribution >= 0.6 is 0 Å². The lowest BCUT2D eigenvalue weighted by Gasteiger charge is -2.07. The first-order chi connectivity index (χ1) is 8.31. The van der Waals surface area contributed by atoms with E-state index in [1.807, 2.05) is 48.1 Å². The van der Waals surface area contributed by atoms with Gasteiger partial charge in [-0.1, -0.05) is 18.2 Å². The Bertz CT molecular complexity index is 465. The van der Waals surface area contributed by atoms with Gasteiger partial charge in [0.2, 0.25) is 0 Å². The number of benzene rings is 1. The van der Waals surface area contributed by atoms with E-state index in [2.05, 4.69) is 4.98 Å². The van der Waals surface area contributed by atoms with E-state index in [0.717, 1.165) is 23.7 Å². The first-order valence-corrected chi connectivity index (χ1v) is 5.68. The highest BCUT2D eigenvalue weighted by Crippen LogP contribution is 2.11. The molecule has 4 heteroatoms. The van der Waals surface area contributed by atoms with Crippen LogP contribution in [0.2, 0.25) is 0 Å². The van der Waals surface area contributed by atoms with E-state index in [1.54, 1.807) is 0 Å². The molecule has 0 amide bonds. The van der Waals surface area contributed by atoms with Crippen molar-refractivity contribution in [3.63, 3.8) is 0 Å². The van der Waals surface area contributed by atoms with E-state index in [4.69, 9.17) is 10.5 Å². The molecule has 0 radical (unpaired) electrons. The van der Waals surface area contributed by atoms with Crippen molar-refractivity contribution < 1.29 is 4.74 Å². The quantitative estimate of drug-likeness (QED) is 0.848. The summed E-state index contributed by atoms with van der Waals surface area (Å²) < 4.78 is 7.69. The second kappa shape index (κ2) is 5.50. The third kappa shape index (κ3) is 2.85. The van der Waals surface area contributed by atoms with E-state index >= 15 is 0 Å². The van der Waals surface area contributed by atoms with Crippen molar-refractivity contribution in [2.45, 2.75) is 13.0 Å². The number of hydrogen-bond acceptors (Lipinski definition) is 3. The van der Waals surface area contributed by atoms with Crippen LogP contribution in [0.4, 0.5) is 0 Å². The van der Waals surface area contributed by atoms with Gasteiger partial charge in [-0.15, -0.1) is 0 Å². The summed E-state index contributed by atoms with van der Waals surface area (Å²) in [5, 5.41) is 0. The summed E-state index contributed by atoms with van der Waals surface area (Å²) in [5.74, 6) is 1.77. The van der Waals surface area contributed by atoms with Gasteiger partial charge in [0.25, 0.3) is 0 Å². The summed E-state index contributed by atoms with van der Waals surface area (Å²) in [4.78, 5) is 4.33. The van der Waals surface area contributed by atoms with Crippen LogP contribution in [0.1, 0.15) is 11.5 Å². The van der Waals surface area contributed by atoms with E-state index in [9.17, 15) is 0 Å². The highest BCUT2D eigenvalue weighted by molar-refractivity contribution is 5.21. The minimum atomic E-state index is 0.477. The van der Waals surface area contributed by atoms with Crippen LogP contribution in [-0.2, 0) is 20.1 Å². The first-order valence-electron chi connectivity index (χ1n) is 5.68. The molecule has 2 aromatic rings. The molecule has 0 aliphatic heterocycles. The van der Waals surface area contributed by atoms with Crippen LogP contribution in [0.3, 0.4) is 0 Å².